The Labute approximate surface area is 151 Å². The number of benzene rings is 2. The first-order valence-electron chi connectivity index (χ1n) is 8.80. The van der Waals surface area contributed by atoms with E-state index in [1.165, 1.54) is 0 Å². The Kier molecular flexibility index (Phi) is 4.34. The van der Waals surface area contributed by atoms with Gasteiger partial charge in [-0.25, -0.2) is 0 Å². The van der Waals surface area contributed by atoms with Gasteiger partial charge in [0.2, 0.25) is 5.91 Å². The van der Waals surface area contributed by atoms with Crippen molar-refractivity contribution in [2.75, 3.05) is 6.54 Å². The smallest absolute Gasteiger partial charge is 0.251 e. The molecule has 1 saturated carbocycles. The molecule has 1 aliphatic heterocycles. The molecule has 1 aliphatic carbocycles. The number of hydrogen-bond acceptors (Lipinski definition) is 4. The first-order chi connectivity index (χ1) is 12.6. The third-order valence-electron chi connectivity index (χ3n) is 5.12. The van der Waals surface area contributed by atoms with E-state index < -0.39 is 5.91 Å². The van der Waals surface area contributed by atoms with Crippen molar-refractivity contribution < 1.29 is 14.3 Å². The molecule has 6 nitrogen and oxygen atoms in total. The minimum absolute atomic E-state index is 0.0633. The molecular weight excluding hydrogens is 330 g/mol. The molecule has 4 N–H and O–H groups in total. The highest BCUT2D eigenvalue weighted by atomic mass is 16.5. The van der Waals surface area contributed by atoms with Gasteiger partial charge in [0.1, 0.15) is 11.5 Å². The van der Waals surface area contributed by atoms with Crippen molar-refractivity contribution in [3.05, 3.63) is 59.7 Å². The van der Waals surface area contributed by atoms with Gasteiger partial charge < -0.3 is 21.1 Å². The summed E-state index contributed by atoms with van der Waals surface area (Å²) in [5.74, 6) is 1.23. The number of fused-ring (bicyclic) bond motifs is 2. The molecule has 2 aliphatic rings. The molecule has 6 heteroatoms. The first-order valence-corrected chi connectivity index (χ1v) is 8.80. The van der Waals surface area contributed by atoms with Crippen molar-refractivity contribution >= 4 is 11.8 Å². The van der Waals surface area contributed by atoms with Crippen LogP contribution in [-0.4, -0.2) is 30.4 Å². The summed E-state index contributed by atoms with van der Waals surface area (Å²) in [6, 6.07) is 14.3. The van der Waals surface area contributed by atoms with Crippen LogP contribution in [0.5, 0.6) is 11.5 Å². The highest BCUT2D eigenvalue weighted by Gasteiger charge is 2.39. The standard InChI is InChI=1S/C20H21N3O3/c21-19(24)14-2-1-3-16(10-14)26-15-6-4-13(5-7-15)20(25)23-18-9-12-8-17(18)22-11-12/h1-7,10,12,17-18,22H,8-9,11H2,(H2,21,24)(H,23,25). The van der Waals surface area contributed by atoms with Crippen LogP contribution in [0.15, 0.2) is 48.5 Å². The Balaban J connectivity index is 1.39. The molecule has 26 heavy (non-hydrogen) atoms. The Hall–Kier alpha value is -2.86. The number of amides is 2. The first kappa shape index (κ1) is 16.6. The van der Waals surface area contributed by atoms with Gasteiger partial charge in [0.05, 0.1) is 0 Å². The topological polar surface area (TPSA) is 93.5 Å². The average Bonchev–Trinajstić information content (AvgIpc) is 3.25. The predicted octanol–water partition coefficient (Wildman–Crippen LogP) is 2.06. The van der Waals surface area contributed by atoms with E-state index in [1.54, 1.807) is 48.5 Å². The van der Waals surface area contributed by atoms with Gasteiger partial charge in [0.25, 0.3) is 5.91 Å². The second kappa shape index (κ2) is 6.80. The molecule has 2 bridgehead atoms. The highest BCUT2D eigenvalue weighted by Crippen LogP contribution is 2.31. The van der Waals surface area contributed by atoms with Crippen LogP contribution in [0.25, 0.3) is 0 Å². The molecule has 0 aromatic heterocycles. The second-order valence-corrected chi connectivity index (χ2v) is 6.95. The predicted molar refractivity (Wildman–Crippen MR) is 97.2 cm³/mol. The van der Waals surface area contributed by atoms with E-state index in [9.17, 15) is 9.59 Å². The summed E-state index contributed by atoms with van der Waals surface area (Å²) in [5.41, 5.74) is 6.27. The van der Waals surface area contributed by atoms with Crippen LogP contribution in [0, 0.1) is 5.92 Å². The number of rotatable bonds is 5. The number of carbonyl (C=O) groups excluding carboxylic acids is 2. The van der Waals surface area contributed by atoms with E-state index in [-0.39, 0.29) is 11.9 Å². The molecule has 2 aromatic carbocycles. The summed E-state index contributed by atoms with van der Waals surface area (Å²) >= 11 is 0. The SMILES string of the molecule is NC(=O)c1cccc(Oc2ccc(C(=O)NC3CC4CNC3C4)cc2)c1. The fourth-order valence-electron chi connectivity index (χ4n) is 3.79. The molecular formula is C20H21N3O3. The zero-order chi connectivity index (χ0) is 18.1. The molecule has 0 radical (unpaired) electrons. The molecule has 1 saturated heterocycles. The van der Waals surface area contributed by atoms with Crippen LogP contribution >= 0.6 is 0 Å². The van der Waals surface area contributed by atoms with E-state index in [2.05, 4.69) is 10.6 Å². The van der Waals surface area contributed by atoms with Crippen LogP contribution in [-0.2, 0) is 0 Å². The molecule has 4 rings (SSSR count). The Morgan fingerprint density at radius 2 is 1.85 bits per heavy atom. The van der Waals surface area contributed by atoms with Crippen LogP contribution in [0.1, 0.15) is 33.6 Å². The van der Waals surface area contributed by atoms with Crippen LogP contribution in [0.4, 0.5) is 0 Å². The Morgan fingerprint density at radius 3 is 2.50 bits per heavy atom. The summed E-state index contributed by atoms with van der Waals surface area (Å²) in [6.45, 7) is 1.07. The van der Waals surface area contributed by atoms with Gasteiger partial charge in [0, 0.05) is 23.2 Å². The lowest BCUT2D eigenvalue weighted by Gasteiger charge is -2.24. The van der Waals surface area contributed by atoms with E-state index >= 15 is 0 Å². The van der Waals surface area contributed by atoms with Gasteiger partial charge in [-0.3, -0.25) is 9.59 Å². The monoisotopic (exact) mass is 351 g/mol. The molecule has 3 atom stereocenters. The summed E-state index contributed by atoms with van der Waals surface area (Å²) < 4.78 is 5.73. The number of ether oxygens (including phenoxy) is 1. The molecule has 134 valence electrons. The van der Waals surface area contributed by atoms with Gasteiger partial charge in [-0.2, -0.15) is 0 Å². The summed E-state index contributed by atoms with van der Waals surface area (Å²) in [4.78, 5) is 23.7. The van der Waals surface area contributed by atoms with Crippen LogP contribution in [0.2, 0.25) is 0 Å². The van der Waals surface area contributed by atoms with Crippen molar-refractivity contribution in [2.24, 2.45) is 11.7 Å². The van der Waals surface area contributed by atoms with E-state index in [4.69, 9.17) is 10.5 Å². The van der Waals surface area contributed by atoms with Gasteiger partial charge in [0.15, 0.2) is 0 Å². The third kappa shape index (κ3) is 3.41. The molecule has 2 fully saturated rings. The number of hydrogen-bond donors (Lipinski definition) is 3. The van der Waals surface area contributed by atoms with E-state index in [0.29, 0.717) is 34.6 Å². The number of primary amides is 1. The maximum Gasteiger partial charge on any atom is 0.251 e. The van der Waals surface area contributed by atoms with Gasteiger partial charge in [-0.1, -0.05) is 6.07 Å². The molecule has 3 unspecified atom stereocenters. The van der Waals surface area contributed by atoms with Crippen LogP contribution < -0.4 is 21.1 Å². The lowest BCUT2D eigenvalue weighted by molar-refractivity contribution is 0.0927. The highest BCUT2D eigenvalue weighted by molar-refractivity contribution is 5.94. The lowest BCUT2D eigenvalue weighted by atomic mass is 10.1. The number of carbonyl (C=O) groups is 2. The molecule has 1 heterocycles. The zero-order valence-electron chi connectivity index (χ0n) is 14.3. The molecule has 2 amide bonds. The quantitative estimate of drug-likeness (QED) is 0.769. The largest absolute Gasteiger partial charge is 0.457 e. The Morgan fingerprint density at radius 1 is 1.04 bits per heavy atom. The van der Waals surface area contributed by atoms with E-state index in [1.807, 2.05) is 0 Å². The number of piperidine rings is 1. The van der Waals surface area contributed by atoms with Crippen molar-refractivity contribution in [1.29, 1.82) is 0 Å². The average molecular weight is 351 g/mol. The minimum Gasteiger partial charge on any atom is -0.457 e. The Bertz CT molecular complexity index is 834. The van der Waals surface area contributed by atoms with Crippen molar-refractivity contribution in [3.8, 4) is 11.5 Å². The number of nitrogens with two attached hydrogens (primary N) is 1. The third-order valence-corrected chi connectivity index (χ3v) is 5.12. The van der Waals surface area contributed by atoms with Gasteiger partial charge in [-0.05, 0) is 67.8 Å². The van der Waals surface area contributed by atoms with Gasteiger partial charge in [-0.15, -0.1) is 0 Å². The molecule has 0 spiro atoms. The van der Waals surface area contributed by atoms with E-state index in [0.717, 1.165) is 19.4 Å². The minimum atomic E-state index is -0.502. The molecule has 2 aromatic rings. The fourth-order valence-corrected chi connectivity index (χ4v) is 3.79. The van der Waals surface area contributed by atoms with Crippen LogP contribution in [0.3, 0.4) is 0 Å². The van der Waals surface area contributed by atoms with Crippen molar-refractivity contribution in [3.63, 3.8) is 0 Å². The summed E-state index contributed by atoms with van der Waals surface area (Å²) in [6.07, 6.45) is 2.21. The maximum absolute atomic E-state index is 12.4. The fraction of sp³-hybridized carbons (Fsp3) is 0.300. The van der Waals surface area contributed by atoms with Crippen molar-refractivity contribution in [1.82, 2.24) is 10.6 Å². The van der Waals surface area contributed by atoms with Gasteiger partial charge >= 0.3 is 0 Å². The summed E-state index contributed by atoms with van der Waals surface area (Å²) in [5, 5.41) is 6.57. The number of nitrogens with one attached hydrogen (secondary N) is 2. The maximum atomic E-state index is 12.4. The second-order valence-electron chi connectivity index (χ2n) is 6.95. The van der Waals surface area contributed by atoms with Crippen molar-refractivity contribution in [2.45, 2.75) is 24.9 Å². The normalized spacial score (nSPS) is 23.6. The summed E-state index contributed by atoms with van der Waals surface area (Å²) in [7, 11) is 0. The lowest BCUT2D eigenvalue weighted by Crippen LogP contribution is -2.47. The zero-order valence-corrected chi connectivity index (χ0v) is 14.3.